The molecule has 43 heavy (non-hydrogen) atoms. The Labute approximate surface area is 248 Å². The molecule has 4 aliphatic heterocycles. The van der Waals surface area contributed by atoms with Crippen LogP contribution in [0.4, 0.5) is 10.5 Å². The smallest absolute Gasteiger partial charge is 0.331 e. The molecule has 14 heteroatoms. The van der Waals surface area contributed by atoms with E-state index in [0.717, 1.165) is 22.4 Å². The first kappa shape index (κ1) is 28.4. The molecule has 0 aromatic heterocycles. The van der Waals surface area contributed by atoms with Gasteiger partial charge in [0.1, 0.15) is 18.6 Å². The average molecular weight is 590 g/mol. The number of amides is 4. The maximum atomic E-state index is 13.5. The Bertz CT molecular complexity index is 1540. The van der Waals surface area contributed by atoms with Gasteiger partial charge >= 0.3 is 6.03 Å². The van der Waals surface area contributed by atoms with Crippen LogP contribution in [0.25, 0.3) is 0 Å². The molecule has 2 saturated heterocycles. The van der Waals surface area contributed by atoms with E-state index in [1.807, 2.05) is 26.0 Å². The number of aliphatic hydroxyl groups is 2. The van der Waals surface area contributed by atoms with Gasteiger partial charge in [-0.25, -0.2) is 14.8 Å². The number of carbonyl (C=O) groups excluding carboxylic acids is 3. The first-order valence-corrected chi connectivity index (χ1v) is 14.3. The predicted molar refractivity (Wildman–Crippen MR) is 158 cm³/mol. The van der Waals surface area contributed by atoms with Gasteiger partial charge < -0.3 is 37.2 Å². The summed E-state index contributed by atoms with van der Waals surface area (Å²) in [6.07, 6.45) is 1.37. The summed E-state index contributed by atoms with van der Waals surface area (Å²) in [7, 11) is 0. The number of para-hydroxylation sites is 1. The average Bonchev–Trinajstić information content (AvgIpc) is 3.57. The molecular weight excluding hydrogens is 554 g/mol. The lowest BCUT2D eigenvalue weighted by molar-refractivity contribution is -0.230. The molecule has 4 atom stereocenters. The number of aliphatic imine (C=N–C) groups is 2. The van der Waals surface area contributed by atoms with Gasteiger partial charge in [0, 0.05) is 17.8 Å². The van der Waals surface area contributed by atoms with E-state index in [2.05, 4.69) is 20.6 Å². The Balaban J connectivity index is 1.29. The highest BCUT2D eigenvalue weighted by Gasteiger charge is 2.73. The van der Waals surface area contributed by atoms with Gasteiger partial charge in [-0.05, 0) is 42.2 Å². The van der Waals surface area contributed by atoms with Gasteiger partial charge in [0.25, 0.3) is 11.8 Å². The SMILES string of the molecule is CCc1cccc(C(=O)NC2CN3C(N)=N[C@@H](CN4C(=O)CN(c5ccccc5)C4=O)[C@@H]4N=C(N)N[C@@]43C2(O)O)c1CC. The fourth-order valence-electron chi connectivity index (χ4n) is 6.78. The highest BCUT2D eigenvalue weighted by atomic mass is 16.5. The van der Waals surface area contributed by atoms with Gasteiger partial charge in [-0.3, -0.25) is 19.4 Å². The number of nitrogens with two attached hydrogens (primary N) is 2. The predicted octanol–water partition coefficient (Wildman–Crippen LogP) is -0.945. The van der Waals surface area contributed by atoms with E-state index in [-0.39, 0.29) is 31.6 Å². The number of guanidine groups is 2. The minimum Gasteiger partial charge on any atom is -0.370 e. The number of nitrogens with one attached hydrogen (secondary N) is 2. The summed E-state index contributed by atoms with van der Waals surface area (Å²) >= 11 is 0. The van der Waals surface area contributed by atoms with Gasteiger partial charge in [-0.1, -0.05) is 44.2 Å². The summed E-state index contributed by atoms with van der Waals surface area (Å²) in [5.41, 5.74) is 13.6. The maximum absolute atomic E-state index is 13.5. The van der Waals surface area contributed by atoms with E-state index in [1.54, 1.807) is 36.4 Å². The molecule has 4 amide bonds. The van der Waals surface area contributed by atoms with Crippen molar-refractivity contribution in [2.45, 2.75) is 56.3 Å². The number of imide groups is 1. The van der Waals surface area contributed by atoms with E-state index in [0.29, 0.717) is 17.7 Å². The molecule has 2 fully saturated rings. The number of urea groups is 1. The van der Waals surface area contributed by atoms with Crippen LogP contribution in [0, 0.1) is 0 Å². The molecule has 4 aliphatic rings. The first-order valence-electron chi connectivity index (χ1n) is 14.3. The van der Waals surface area contributed by atoms with E-state index >= 15 is 0 Å². The summed E-state index contributed by atoms with van der Waals surface area (Å²) in [5.74, 6) is -3.74. The summed E-state index contributed by atoms with van der Waals surface area (Å²) in [5, 5.41) is 29.2. The molecule has 4 heterocycles. The molecule has 0 saturated carbocycles. The fraction of sp³-hybridized carbons (Fsp3) is 0.414. The standard InChI is InChI=1S/C29H35N9O5/c1-3-16-9-8-12-19(18(16)4-2)24(40)33-21-14-38-26(31)32-20(23-28(38,29(21,42)43)35-25(30)34-23)13-37-22(39)15-36(27(37)41)17-10-6-5-7-11-17/h5-12,20-21,23,42-43H,3-4,13-15H2,1-2H3,(H2,31,32)(H,33,40)(H3,30,34,35)/t20-,21?,23-,28-/m0/s1. The van der Waals surface area contributed by atoms with Gasteiger partial charge in [0.2, 0.25) is 5.79 Å². The van der Waals surface area contributed by atoms with Crippen LogP contribution >= 0.6 is 0 Å². The van der Waals surface area contributed by atoms with Gasteiger partial charge in [0.15, 0.2) is 17.6 Å². The van der Waals surface area contributed by atoms with Crippen molar-refractivity contribution in [2.75, 3.05) is 24.5 Å². The zero-order valence-corrected chi connectivity index (χ0v) is 23.9. The molecular formula is C29H35N9O5. The van der Waals surface area contributed by atoms with Crippen LogP contribution in [-0.4, -0.2) is 99.0 Å². The number of hydrogen-bond acceptors (Lipinski definition) is 11. The van der Waals surface area contributed by atoms with Crippen LogP contribution < -0.4 is 27.0 Å². The minimum atomic E-state index is -2.65. The summed E-state index contributed by atoms with van der Waals surface area (Å²) < 4.78 is 0. The molecule has 8 N–H and O–H groups in total. The number of rotatable bonds is 7. The number of aryl methyl sites for hydroxylation is 1. The molecule has 1 unspecified atom stereocenters. The van der Waals surface area contributed by atoms with Crippen molar-refractivity contribution in [3.8, 4) is 0 Å². The van der Waals surface area contributed by atoms with Crippen LogP contribution in [0.15, 0.2) is 58.5 Å². The molecule has 0 bridgehead atoms. The van der Waals surface area contributed by atoms with Gasteiger partial charge in [-0.2, -0.15) is 0 Å². The van der Waals surface area contributed by atoms with Crippen molar-refractivity contribution in [3.05, 3.63) is 65.2 Å². The Morgan fingerprint density at radius 1 is 1.07 bits per heavy atom. The number of nitrogens with zero attached hydrogens (tertiary/aromatic N) is 5. The fourth-order valence-corrected chi connectivity index (χ4v) is 6.78. The summed E-state index contributed by atoms with van der Waals surface area (Å²) in [4.78, 5) is 52.6. The normalized spacial score (nSPS) is 27.4. The monoisotopic (exact) mass is 589 g/mol. The van der Waals surface area contributed by atoms with Crippen LogP contribution in [-0.2, 0) is 17.6 Å². The van der Waals surface area contributed by atoms with Crippen molar-refractivity contribution < 1.29 is 24.6 Å². The lowest BCUT2D eigenvalue weighted by Crippen LogP contribution is -2.78. The van der Waals surface area contributed by atoms with Crippen molar-refractivity contribution in [1.29, 1.82) is 0 Å². The van der Waals surface area contributed by atoms with Crippen molar-refractivity contribution in [1.82, 2.24) is 20.4 Å². The number of benzene rings is 2. The molecule has 2 aromatic rings. The van der Waals surface area contributed by atoms with Crippen molar-refractivity contribution in [3.63, 3.8) is 0 Å². The second-order valence-electron chi connectivity index (χ2n) is 11.1. The molecule has 6 rings (SSSR count). The first-order chi connectivity index (χ1) is 20.5. The van der Waals surface area contributed by atoms with Crippen molar-refractivity contribution in [2.24, 2.45) is 21.5 Å². The highest BCUT2D eigenvalue weighted by molar-refractivity contribution is 6.12. The van der Waals surface area contributed by atoms with E-state index in [1.165, 1.54) is 9.80 Å². The molecule has 0 aliphatic carbocycles. The zero-order chi connectivity index (χ0) is 30.7. The number of anilines is 1. The Hall–Kier alpha value is -4.69. The molecule has 2 aromatic carbocycles. The topological polar surface area (TPSA) is 202 Å². The third kappa shape index (κ3) is 4.19. The molecule has 226 valence electrons. The lowest BCUT2D eigenvalue weighted by Gasteiger charge is -2.49. The molecule has 14 nitrogen and oxygen atoms in total. The number of hydrogen-bond donors (Lipinski definition) is 6. The van der Waals surface area contributed by atoms with Crippen LogP contribution in [0.2, 0.25) is 0 Å². The lowest BCUT2D eigenvalue weighted by atomic mass is 9.84. The zero-order valence-electron chi connectivity index (χ0n) is 23.9. The van der Waals surface area contributed by atoms with E-state index in [9.17, 15) is 24.6 Å². The largest absolute Gasteiger partial charge is 0.370 e. The maximum Gasteiger partial charge on any atom is 0.331 e. The van der Waals surface area contributed by atoms with E-state index < -0.39 is 47.4 Å². The second-order valence-corrected chi connectivity index (χ2v) is 11.1. The quantitative estimate of drug-likeness (QED) is 0.174. The third-order valence-corrected chi connectivity index (χ3v) is 8.85. The molecule has 0 radical (unpaired) electrons. The number of carbonyl (C=O) groups is 3. The minimum absolute atomic E-state index is 0.0795. The van der Waals surface area contributed by atoms with Crippen molar-refractivity contribution >= 4 is 35.5 Å². The summed E-state index contributed by atoms with van der Waals surface area (Å²) in [6.45, 7) is 3.47. The summed E-state index contributed by atoms with van der Waals surface area (Å²) in [6, 6.07) is 10.5. The van der Waals surface area contributed by atoms with Crippen LogP contribution in [0.5, 0.6) is 0 Å². The second kappa shape index (κ2) is 10.2. The van der Waals surface area contributed by atoms with Gasteiger partial charge in [0.05, 0.1) is 12.6 Å². The van der Waals surface area contributed by atoms with Crippen LogP contribution in [0.3, 0.4) is 0 Å². The van der Waals surface area contributed by atoms with Gasteiger partial charge in [-0.15, -0.1) is 0 Å². The van der Waals surface area contributed by atoms with E-state index in [4.69, 9.17) is 11.5 Å². The Kier molecular flexibility index (Phi) is 6.77. The third-order valence-electron chi connectivity index (χ3n) is 8.85. The Morgan fingerprint density at radius 2 is 1.81 bits per heavy atom. The Morgan fingerprint density at radius 3 is 2.51 bits per heavy atom. The highest BCUT2D eigenvalue weighted by Crippen LogP contribution is 2.45. The molecule has 1 spiro atoms. The van der Waals surface area contributed by atoms with Crippen LogP contribution in [0.1, 0.15) is 35.3 Å².